The van der Waals surface area contributed by atoms with Crippen LogP contribution in [0.15, 0.2) is 0 Å². The van der Waals surface area contributed by atoms with Gasteiger partial charge in [-0.05, 0) is 6.92 Å². The summed E-state index contributed by atoms with van der Waals surface area (Å²) >= 11 is 0. The van der Waals surface area contributed by atoms with Gasteiger partial charge in [-0.15, -0.1) is 0 Å². The van der Waals surface area contributed by atoms with Gasteiger partial charge < -0.3 is 14.2 Å². The lowest BCUT2D eigenvalue weighted by molar-refractivity contribution is -0.0638. The monoisotopic (exact) mass is 306 g/mol. The molecule has 2 fully saturated rings. The molecule has 0 aromatic carbocycles. The smallest absolute Gasteiger partial charge is 0.373 e. The van der Waals surface area contributed by atoms with E-state index in [2.05, 4.69) is 4.18 Å². The molecule has 0 N–H and O–H groups in total. The van der Waals surface area contributed by atoms with Crippen LogP contribution in [-0.4, -0.2) is 58.2 Å². The Morgan fingerprint density at radius 2 is 1.68 bits per heavy atom. The third kappa shape index (κ3) is 2.87. The van der Waals surface area contributed by atoms with Gasteiger partial charge in [0.25, 0.3) is 0 Å². The van der Waals surface area contributed by atoms with E-state index in [0.717, 1.165) is 0 Å². The highest BCUT2D eigenvalue weighted by Crippen LogP contribution is 2.34. The standard InChI is InChI=1S/C9H13F3O6S/c1-2-15-5-3-16-8-6(4-17-7(5)8)18-19(13,14)9(10,11)12/h5-8H,2-4H2,1H3/t5-,6-,7-,8-/m1/s1. The maximum atomic E-state index is 12.2. The van der Waals surface area contributed by atoms with Crippen LogP contribution in [0.2, 0.25) is 0 Å². The van der Waals surface area contributed by atoms with Crippen molar-refractivity contribution in [2.24, 2.45) is 0 Å². The molecule has 0 amide bonds. The van der Waals surface area contributed by atoms with Crippen LogP contribution in [0.5, 0.6) is 0 Å². The van der Waals surface area contributed by atoms with Crippen molar-refractivity contribution in [3.63, 3.8) is 0 Å². The molecule has 0 aromatic heterocycles. The molecule has 0 radical (unpaired) electrons. The lowest BCUT2D eigenvalue weighted by Crippen LogP contribution is -2.38. The number of hydrogen-bond donors (Lipinski definition) is 0. The van der Waals surface area contributed by atoms with Gasteiger partial charge in [0, 0.05) is 6.61 Å². The Hall–Kier alpha value is -0.420. The third-order valence-electron chi connectivity index (χ3n) is 2.88. The molecule has 2 aliphatic rings. The van der Waals surface area contributed by atoms with Gasteiger partial charge in [-0.25, -0.2) is 0 Å². The number of halogens is 3. The van der Waals surface area contributed by atoms with Crippen molar-refractivity contribution in [3.8, 4) is 0 Å². The van der Waals surface area contributed by atoms with Gasteiger partial charge in [-0.2, -0.15) is 21.6 Å². The molecule has 0 aromatic rings. The molecule has 0 unspecified atom stereocenters. The molecule has 2 heterocycles. The number of hydrogen-bond acceptors (Lipinski definition) is 6. The van der Waals surface area contributed by atoms with Crippen LogP contribution >= 0.6 is 0 Å². The van der Waals surface area contributed by atoms with Gasteiger partial charge in [0.05, 0.1) is 13.2 Å². The summed E-state index contributed by atoms with van der Waals surface area (Å²) in [6, 6.07) is 0. The minimum atomic E-state index is -5.65. The molecule has 10 heteroatoms. The van der Waals surface area contributed by atoms with Crippen molar-refractivity contribution in [1.82, 2.24) is 0 Å². The zero-order chi connectivity index (χ0) is 14.3. The molecule has 2 rings (SSSR count). The van der Waals surface area contributed by atoms with Crippen LogP contribution < -0.4 is 0 Å². The molecule has 0 bridgehead atoms. The second-order valence-corrected chi connectivity index (χ2v) is 5.69. The Kier molecular flexibility index (Phi) is 4.07. The normalized spacial score (nSPS) is 35.6. The first-order chi connectivity index (χ1) is 8.76. The molecule has 4 atom stereocenters. The fraction of sp³-hybridized carbons (Fsp3) is 1.00. The van der Waals surface area contributed by atoms with Crippen LogP contribution in [0.1, 0.15) is 6.92 Å². The predicted octanol–water partition coefficient (Wildman–Crippen LogP) is 0.424. The predicted molar refractivity (Wildman–Crippen MR) is 54.7 cm³/mol. The Balaban J connectivity index is 2.02. The Labute approximate surface area is 107 Å². The minimum Gasteiger partial charge on any atom is -0.373 e. The van der Waals surface area contributed by atoms with Crippen molar-refractivity contribution in [3.05, 3.63) is 0 Å². The Morgan fingerprint density at radius 3 is 2.21 bits per heavy atom. The number of fused-ring (bicyclic) bond motifs is 1. The summed E-state index contributed by atoms with van der Waals surface area (Å²) in [6.45, 7) is 2.00. The summed E-state index contributed by atoms with van der Waals surface area (Å²) < 4.78 is 78.3. The summed E-state index contributed by atoms with van der Waals surface area (Å²) in [7, 11) is -5.65. The number of alkyl halides is 3. The van der Waals surface area contributed by atoms with E-state index < -0.39 is 40.0 Å². The number of ether oxygens (including phenoxy) is 3. The van der Waals surface area contributed by atoms with Crippen molar-refractivity contribution in [2.75, 3.05) is 19.8 Å². The van der Waals surface area contributed by atoms with Crippen LogP contribution in [-0.2, 0) is 28.5 Å². The molecule has 2 aliphatic heterocycles. The first-order valence-corrected chi connectivity index (χ1v) is 7.01. The van der Waals surface area contributed by atoms with Crippen molar-refractivity contribution in [2.45, 2.75) is 36.8 Å². The molecule has 0 aliphatic carbocycles. The summed E-state index contributed by atoms with van der Waals surface area (Å²) in [6.07, 6.45) is -3.19. The quantitative estimate of drug-likeness (QED) is 0.554. The SMILES string of the molecule is CCO[C@@H]1CO[C@H]2[C@@H]1OC[C@H]2OS(=O)(=O)C(F)(F)F. The zero-order valence-electron chi connectivity index (χ0n) is 9.92. The number of rotatable bonds is 4. The van der Waals surface area contributed by atoms with E-state index in [1.165, 1.54) is 0 Å². The summed E-state index contributed by atoms with van der Waals surface area (Å²) in [5, 5.41) is 0. The highest BCUT2D eigenvalue weighted by atomic mass is 32.2. The third-order valence-corrected chi connectivity index (χ3v) is 3.94. The summed E-state index contributed by atoms with van der Waals surface area (Å²) in [4.78, 5) is 0. The maximum absolute atomic E-state index is 12.2. The molecule has 0 saturated carbocycles. The highest BCUT2D eigenvalue weighted by Gasteiger charge is 2.55. The van der Waals surface area contributed by atoms with Crippen LogP contribution in [0.4, 0.5) is 13.2 Å². The van der Waals surface area contributed by atoms with Crippen LogP contribution in [0, 0.1) is 0 Å². The Bertz CT molecular complexity index is 422. The first kappa shape index (κ1) is 15.0. The van der Waals surface area contributed by atoms with Crippen LogP contribution in [0.25, 0.3) is 0 Å². The zero-order valence-corrected chi connectivity index (χ0v) is 10.7. The second kappa shape index (κ2) is 5.17. The molecular weight excluding hydrogens is 293 g/mol. The van der Waals surface area contributed by atoms with E-state index in [9.17, 15) is 21.6 Å². The highest BCUT2D eigenvalue weighted by molar-refractivity contribution is 7.87. The van der Waals surface area contributed by atoms with E-state index in [4.69, 9.17) is 14.2 Å². The van der Waals surface area contributed by atoms with Gasteiger partial charge in [0.1, 0.15) is 24.4 Å². The van der Waals surface area contributed by atoms with E-state index >= 15 is 0 Å². The molecule has 2 saturated heterocycles. The molecule has 112 valence electrons. The van der Waals surface area contributed by atoms with Crippen LogP contribution in [0.3, 0.4) is 0 Å². The lowest BCUT2D eigenvalue weighted by Gasteiger charge is -2.17. The van der Waals surface area contributed by atoms with E-state index in [1.54, 1.807) is 6.92 Å². The first-order valence-electron chi connectivity index (χ1n) is 5.60. The van der Waals surface area contributed by atoms with Gasteiger partial charge in [0.2, 0.25) is 0 Å². The summed E-state index contributed by atoms with van der Waals surface area (Å²) in [5.74, 6) is 0. The van der Waals surface area contributed by atoms with E-state index in [1.807, 2.05) is 0 Å². The fourth-order valence-electron chi connectivity index (χ4n) is 2.09. The van der Waals surface area contributed by atoms with E-state index in [-0.39, 0.29) is 13.2 Å². The molecule has 6 nitrogen and oxygen atoms in total. The molecule has 19 heavy (non-hydrogen) atoms. The lowest BCUT2D eigenvalue weighted by atomic mass is 10.1. The van der Waals surface area contributed by atoms with E-state index in [0.29, 0.717) is 6.61 Å². The second-order valence-electron chi connectivity index (χ2n) is 4.12. The minimum absolute atomic E-state index is 0.134. The molecular formula is C9H13F3O6S. The molecule has 0 spiro atoms. The van der Waals surface area contributed by atoms with Gasteiger partial charge in [0.15, 0.2) is 0 Å². The van der Waals surface area contributed by atoms with Crippen molar-refractivity contribution >= 4 is 10.1 Å². The van der Waals surface area contributed by atoms with Gasteiger partial charge in [-0.3, -0.25) is 4.18 Å². The van der Waals surface area contributed by atoms with Gasteiger partial charge >= 0.3 is 15.6 Å². The Morgan fingerprint density at radius 1 is 1.16 bits per heavy atom. The maximum Gasteiger partial charge on any atom is 0.523 e. The largest absolute Gasteiger partial charge is 0.523 e. The van der Waals surface area contributed by atoms with Gasteiger partial charge in [-0.1, -0.05) is 0 Å². The average Bonchev–Trinajstić information content (AvgIpc) is 2.82. The average molecular weight is 306 g/mol. The topological polar surface area (TPSA) is 71.1 Å². The summed E-state index contributed by atoms with van der Waals surface area (Å²) in [5.41, 5.74) is -5.46. The van der Waals surface area contributed by atoms with Crippen molar-refractivity contribution < 1.29 is 40.0 Å². The fourth-order valence-corrected chi connectivity index (χ4v) is 2.69. The van der Waals surface area contributed by atoms with Crippen molar-refractivity contribution in [1.29, 1.82) is 0 Å².